The standard InChI is InChI=1S/C14H15ClN2O/c1-4-11-12(6-5-10(3)17-11)18-13-7-14(15)16-8-9(13)2/h5-8H,4H2,1-3H3. The fourth-order valence-corrected chi connectivity index (χ4v) is 1.80. The smallest absolute Gasteiger partial charge is 0.148 e. The highest BCUT2D eigenvalue weighted by Crippen LogP contribution is 2.28. The lowest BCUT2D eigenvalue weighted by atomic mass is 10.2. The van der Waals surface area contributed by atoms with Crippen LogP contribution in [-0.4, -0.2) is 9.97 Å². The second-order valence-corrected chi connectivity index (χ2v) is 4.51. The number of halogens is 1. The van der Waals surface area contributed by atoms with Gasteiger partial charge in [-0.05, 0) is 32.4 Å². The first-order valence-corrected chi connectivity index (χ1v) is 6.24. The number of pyridine rings is 2. The molecule has 0 spiro atoms. The van der Waals surface area contributed by atoms with E-state index in [1.54, 1.807) is 12.3 Å². The van der Waals surface area contributed by atoms with Crippen LogP contribution in [0.5, 0.6) is 11.5 Å². The maximum absolute atomic E-state index is 5.88. The van der Waals surface area contributed by atoms with Crippen LogP contribution in [0.25, 0.3) is 0 Å². The van der Waals surface area contributed by atoms with E-state index in [0.29, 0.717) is 5.15 Å². The molecular formula is C14H15ClN2O. The van der Waals surface area contributed by atoms with E-state index in [1.165, 1.54) is 0 Å². The first-order valence-electron chi connectivity index (χ1n) is 5.86. The van der Waals surface area contributed by atoms with Gasteiger partial charge in [0.1, 0.15) is 16.7 Å². The molecular weight excluding hydrogens is 248 g/mol. The van der Waals surface area contributed by atoms with E-state index < -0.39 is 0 Å². The first kappa shape index (κ1) is 12.8. The molecule has 4 heteroatoms. The van der Waals surface area contributed by atoms with Gasteiger partial charge in [0.05, 0.1) is 5.69 Å². The van der Waals surface area contributed by atoms with E-state index in [-0.39, 0.29) is 0 Å². The third kappa shape index (κ3) is 2.79. The first-order chi connectivity index (χ1) is 8.60. The molecule has 2 aromatic rings. The van der Waals surface area contributed by atoms with Crippen LogP contribution in [0, 0.1) is 13.8 Å². The van der Waals surface area contributed by atoms with Crippen LogP contribution in [0.4, 0.5) is 0 Å². The van der Waals surface area contributed by atoms with Crippen LogP contribution in [0.15, 0.2) is 24.4 Å². The Morgan fingerprint density at radius 1 is 1.22 bits per heavy atom. The molecule has 0 atom stereocenters. The highest BCUT2D eigenvalue weighted by molar-refractivity contribution is 6.29. The predicted octanol–water partition coefficient (Wildman–Crippen LogP) is 4.10. The topological polar surface area (TPSA) is 35.0 Å². The summed E-state index contributed by atoms with van der Waals surface area (Å²) in [6.07, 6.45) is 2.53. The van der Waals surface area contributed by atoms with E-state index in [1.807, 2.05) is 26.0 Å². The van der Waals surface area contributed by atoms with Gasteiger partial charge < -0.3 is 4.74 Å². The van der Waals surface area contributed by atoms with Crippen LogP contribution >= 0.6 is 11.6 Å². The molecule has 0 aliphatic carbocycles. The van der Waals surface area contributed by atoms with E-state index in [2.05, 4.69) is 16.9 Å². The molecule has 94 valence electrons. The summed E-state index contributed by atoms with van der Waals surface area (Å²) in [7, 11) is 0. The lowest BCUT2D eigenvalue weighted by Gasteiger charge is -2.11. The second-order valence-electron chi connectivity index (χ2n) is 4.13. The van der Waals surface area contributed by atoms with E-state index in [0.717, 1.165) is 34.9 Å². The summed E-state index contributed by atoms with van der Waals surface area (Å²) in [5.74, 6) is 1.49. The SMILES string of the molecule is CCc1nc(C)ccc1Oc1cc(Cl)ncc1C. The summed E-state index contributed by atoms with van der Waals surface area (Å²) < 4.78 is 5.88. The molecule has 0 unspecified atom stereocenters. The molecule has 0 N–H and O–H groups in total. The maximum Gasteiger partial charge on any atom is 0.148 e. The zero-order chi connectivity index (χ0) is 13.1. The molecule has 0 fully saturated rings. The fraction of sp³-hybridized carbons (Fsp3) is 0.286. The summed E-state index contributed by atoms with van der Waals surface area (Å²) in [5.41, 5.74) is 2.88. The Bertz CT molecular complexity index is 570. The molecule has 0 bridgehead atoms. The molecule has 0 amide bonds. The molecule has 0 saturated carbocycles. The summed E-state index contributed by atoms with van der Waals surface area (Å²) in [6, 6.07) is 5.59. The molecule has 0 aliphatic rings. The largest absolute Gasteiger partial charge is 0.455 e. The number of aryl methyl sites for hydroxylation is 3. The average molecular weight is 263 g/mol. The highest BCUT2D eigenvalue weighted by Gasteiger charge is 2.08. The minimum atomic E-state index is 0.425. The second kappa shape index (κ2) is 5.36. The molecule has 0 radical (unpaired) electrons. The minimum absolute atomic E-state index is 0.425. The van der Waals surface area contributed by atoms with Crippen molar-refractivity contribution in [3.63, 3.8) is 0 Å². The molecule has 0 saturated heterocycles. The summed E-state index contributed by atoms with van der Waals surface area (Å²) in [6.45, 7) is 5.96. The Morgan fingerprint density at radius 2 is 2.00 bits per heavy atom. The molecule has 2 rings (SSSR count). The zero-order valence-corrected chi connectivity index (χ0v) is 11.5. The van der Waals surface area contributed by atoms with Crippen molar-refractivity contribution in [1.82, 2.24) is 9.97 Å². The van der Waals surface area contributed by atoms with Crippen LogP contribution in [0.2, 0.25) is 5.15 Å². The van der Waals surface area contributed by atoms with Gasteiger partial charge in [0.2, 0.25) is 0 Å². The van der Waals surface area contributed by atoms with Crippen molar-refractivity contribution in [2.45, 2.75) is 27.2 Å². The van der Waals surface area contributed by atoms with E-state index in [9.17, 15) is 0 Å². The van der Waals surface area contributed by atoms with Gasteiger partial charge in [0, 0.05) is 23.5 Å². The van der Waals surface area contributed by atoms with E-state index >= 15 is 0 Å². The van der Waals surface area contributed by atoms with E-state index in [4.69, 9.17) is 16.3 Å². The number of hydrogen-bond acceptors (Lipinski definition) is 3. The molecule has 2 heterocycles. The molecule has 0 aliphatic heterocycles. The van der Waals surface area contributed by atoms with Gasteiger partial charge in [-0.1, -0.05) is 18.5 Å². The number of hydrogen-bond donors (Lipinski definition) is 0. The highest BCUT2D eigenvalue weighted by atomic mass is 35.5. The van der Waals surface area contributed by atoms with Crippen molar-refractivity contribution in [1.29, 1.82) is 0 Å². The van der Waals surface area contributed by atoms with Crippen LogP contribution in [0.1, 0.15) is 23.9 Å². The molecule has 0 aromatic carbocycles. The Morgan fingerprint density at radius 3 is 2.72 bits per heavy atom. The predicted molar refractivity (Wildman–Crippen MR) is 72.4 cm³/mol. The molecule has 18 heavy (non-hydrogen) atoms. The minimum Gasteiger partial charge on any atom is -0.455 e. The summed E-state index contributed by atoms with van der Waals surface area (Å²) >= 11 is 5.88. The average Bonchev–Trinajstić information content (AvgIpc) is 2.36. The van der Waals surface area contributed by atoms with Crippen molar-refractivity contribution in [3.8, 4) is 11.5 Å². The van der Waals surface area contributed by atoms with Gasteiger partial charge in [-0.3, -0.25) is 4.98 Å². The number of nitrogens with zero attached hydrogens (tertiary/aromatic N) is 2. The van der Waals surface area contributed by atoms with Crippen molar-refractivity contribution in [3.05, 3.63) is 46.5 Å². The van der Waals surface area contributed by atoms with Crippen molar-refractivity contribution >= 4 is 11.6 Å². The summed E-state index contributed by atoms with van der Waals surface area (Å²) in [5, 5.41) is 0.425. The van der Waals surface area contributed by atoms with Crippen LogP contribution in [0.3, 0.4) is 0 Å². The number of aromatic nitrogens is 2. The Balaban J connectivity index is 2.36. The van der Waals surface area contributed by atoms with Crippen molar-refractivity contribution in [2.24, 2.45) is 0 Å². The monoisotopic (exact) mass is 262 g/mol. The molecule has 3 nitrogen and oxygen atoms in total. The maximum atomic E-state index is 5.88. The normalized spacial score (nSPS) is 10.4. The van der Waals surface area contributed by atoms with Gasteiger partial charge in [0.25, 0.3) is 0 Å². The summed E-state index contributed by atoms with van der Waals surface area (Å²) in [4.78, 5) is 8.47. The van der Waals surface area contributed by atoms with Gasteiger partial charge in [-0.2, -0.15) is 0 Å². The Labute approximate surface area is 112 Å². The van der Waals surface area contributed by atoms with Crippen molar-refractivity contribution in [2.75, 3.05) is 0 Å². The lowest BCUT2D eigenvalue weighted by molar-refractivity contribution is 0.468. The van der Waals surface area contributed by atoms with Crippen LogP contribution in [-0.2, 0) is 6.42 Å². The van der Waals surface area contributed by atoms with Gasteiger partial charge in [0.15, 0.2) is 0 Å². The van der Waals surface area contributed by atoms with Gasteiger partial charge in [-0.25, -0.2) is 4.98 Å². The third-order valence-corrected chi connectivity index (χ3v) is 2.85. The Kier molecular flexibility index (Phi) is 3.82. The number of rotatable bonds is 3. The quantitative estimate of drug-likeness (QED) is 0.781. The molecule has 2 aromatic heterocycles. The number of ether oxygens (including phenoxy) is 1. The lowest BCUT2D eigenvalue weighted by Crippen LogP contribution is -1.97. The van der Waals surface area contributed by atoms with Gasteiger partial charge in [-0.15, -0.1) is 0 Å². The fourth-order valence-electron chi connectivity index (χ4n) is 1.65. The van der Waals surface area contributed by atoms with Crippen LogP contribution < -0.4 is 4.74 Å². The van der Waals surface area contributed by atoms with Gasteiger partial charge >= 0.3 is 0 Å². The van der Waals surface area contributed by atoms with Crippen molar-refractivity contribution < 1.29 is 4.74 Å². The third-order valence-electron chi connectivity index (χ3n) is 2.65. The zero-order valence-electron chi connectivity index (χ0n) is 10.7. The Hall–Kier alpha value is -1.61.